The largest absolute Gasteiger partial charge is 0.330 e. The highest BCUT2D eigenvalue weighted by Crippen LogP contribution is 2.15. The van der Waals surface area contributed by atoms with Crippen molar-refractivity contribution in [2.24, 2.45) is 7.05 Å². The van der Waals surface area contributed by atoms with Crippen molar-refractivity contribution < 1.29 is 0 Å². The summed E-state index contributed by atoms with van der Waals surface area (Å²) < 4.78 is 2.35. The number of benzene rings is 1. The lowest BCUT2D eigenvalue weighted by Gasteiger charge is -1.93. The fourth-order valence-electron chi connectivity index (χ4n) is 1.99. The summed E-state index contributed by atoms with van der Waals surface area (Å²) in [6, 6.07) is 5.16. The van der Waals surface area contributed by atoms with Crippen LogP contribution in [-0.4, -0.2) is 14.5 Å². The molecule has 0 atom stereocenters. The van der Waals surface area contributed by atoms with Crippen LogP contribution in [0.2, 0.25) is 0 Å². The van der Waals surface area contributed by atoms with Crippen molar-refractivity contribution in [2.45, 2.75) is 0 Å². The molecule has 0 amide bonds. The molecule has 0 fully saturated rings. The molecule has 1 aromatic carbocycles. The zero-order chi connectivity index (χ0) is 12.9. The SMILES string of the molecule is Cn1cnc2c(=O)[nH]c3ccc(Br)cc3c(=O)c21. The van der Waals surface area contributed by atoms with Crippen molar-refractivity contribution in [1.29, 1.82) is 0 Å². The fourth-order valence-corrected chi connectivity index (χ4v) is 2.35. The predicted molar refractivity (Wildman–Crippen MR) is 72.8 cm³/mol. The average molecular weight is 306 g/mol. The lowest BCUT2D eigenvalue weighted by Crippen LogP contribution is -2.05. The van der Waals surface area contributed by atoms with Crippen LogP contribution in [0.5, 0.6) is 0 Å². The average Bonchev–Trinajstić information content (AvgIpc) is 2.68. The summed E-state index contributed by atoms with van der Waals surface area (Å²) in [5, 5.41) is 0.458. The molecule has 3 rings (SSSR count). The first-order valence-corrected chi connectivity index (χ1v) is 6.04. The Bertz CT molecular complexity index is 895. The molecule has 2 heterocycles. The standard InChI is InChI=1S/C12H8BrN3O2/c1-16-5-14-9-10(16)11(17)7-4-6(13)2-3-8(7)15-12(9)18/h2-5H,1H3,(H,15,18). The van der Waals surface area contributed by atoms with Crippen LogP contribution in [0.15, 0.2) is 38.6 Å². The van der Waals surface area contributed by atoms with E-state index in [9.17, 15) is 9.59 Å². The first kappa shape index (κ1) is 11.2. The maximum Gasteiger partial charge on any atom is 0.276 e. The van der Waals surface area contributed by atoms with Crippen molar-refractivity contribution in [3.05, 3.63) is 49.6 Å². The molecule has 0 aliphatic heterocycles. The summed E-state index contributed by atoms with van der Waals surface area (Å²) in [7, 11) is 1.69. The third-order valence-corrected chi connectivity index (χ3v) is 3.33. The molecule has 90 valence electrons. The number of hydrogen-bond donors (Lipinski definition) is 1. The molecule has 0 aliphatic rings. The second kappa shape index (κ2) is 3.78. The van der Waals surface area contributed by atoms with E-state index >= 15 is 0 Å². The van der Waals surface area contributed by atoms with E-state index < -0.39 is 0 Å². The Morgan fingerprint density at radius 3 is 2.89 bits per heavy atom. The van der Waals surface area contributed by atoms with Gasteiger partial charge in [-0.1, -0.05) is 15.9 Å². The summed E-state index contributed by atoms with van der Waals surface area (Å²) in [4.78, 5) is 31.1. The molecule has 0 bridgehead atoms. The maximum atomic E-state index is 12.4. The summed E-state index contributed by atoms with van der Waals surface area (Å²) in [6.45, 7) is 0. The second-order valence-corrected chi connectivity index (χ2v) is 4.94. The highest BCUT2D eigenvalue weighted by atomic mass is 79.9. The van der Waals surface area contributed by atoms with Crippen molar-refractivity contribution in [2.75, 3.05) is 0 Å². The monoisotopic (exact) mass is 305 g/mol. The lowest BCUT2D eigenvalue weighted by atomic mass is 10.2. The number of nitrogens with zero attached hydrogens (tertiary/aromatic N) is 2. The van der Waals surface area contributed by atoms with Gasteiger partial charge in [0.15, 0.2) is 5.52 Å². The van der Waals surface area contributed by atoms with Crippen LogP contribution in [-0.2, 0) is 7.05 Å². The number of nitrogens with one attached hydrogen (secondary N) is 1. The minimum Gasteiger partial charge on any atom is -0.330 e. The van der Waals surface area contributed by atoms with E-state index in [4.69, 9.17) is 0 Å². The molecule has 3 aromatic rings. The van der Waals surface area contributed by atoms with Crippen LogP contribution in [0.25, 0.3) is 21.9 Å². The summed E-state index contributed by atoms with van der Waals surface area (Å²) >= 11 is 3.32. The van der Waals surface area contributed by atoms with Gasteiger partial charge in [0.05, 0.1) is 11.8 Å². The van der Waals surface area contributed by atoms with Gasteiger partial charge >= 0.3 is 0 Å². The number of imidazole rings is 1. The van der Waals surface area contributed by atoms with Gasteiger partial charge in [0.2, 0.25) is 5.43 Å². The van der Waals surface area contributed by atoms with E-state index in [2.05, 4.69) is 25.9 Å². The molecule has 5 nitrogen and oxygen atoms in total. The third-order valence-electron chi connectivity index (χ3n) is 2.84. The van der Waals surface area contributed by atoms with E-state index in [-0.39, 0.29) is 16.5 Å². The van der Waals surface area contributed by atoms with E-state index in [0.29, 0.717) is 16.4 Å². The molecule has 0 saturated carbocycles. The summed E-state index contributed by atoms with van der Waals surface area (Å²) in [6.07, 6.45) is 1.46. The molecule has 0 spiro atoms. The molecule has 2 aromatic heterocycles. The summed E-state index contributed by atoms with van der Waals surface area (Å²) in [5.41, 5.74) is 0.407. The van der Waals surface area contributed by atoms with Gasteiger partial charge in [0, 0.05) is 16.9 Å². The van der Waals surface area contributed by atoms with Crippen molar-refractivity contribution >= 4 is 37.9 Å². The van der Waals surface area contributed by atoms with E-state index in [1.807, 2.05) is 0 Å². The molecule has 0 radical (unpaired) electrons. The number of H-pyrrole nitrogens is 1. The van der Waals surface area contributed by atoms with Gasteiger partial charge in [-0.25, -0.2) is 4.98 Å². The van der Waals surface area contributed by atoms with Crippen LogP contribution < -0.4 is 11.0 Å². The molecular weight excluding hydrogens is 298 g/mol. The number of fused-ring (bicyclic) bond motifs is 2. The minimum absolute atomic E-state index is 0.162. The van der Waals surface area contributed by atoms with Crippen LogP contribution in [0.1, 0.15) is 0 Å². The Labute approximate surface area is 109 Å². The van der Waals surface area contributed by atoms with E-state index in [1.165, 1.54) is 6.33 Å². The van der Waals surface area contributed by atoms with E-state index in [1.54, 1.807) is 29.8 Å². The van der Waals surface area contributed by atoms with Crippen molar-refractivity contribution in [3.63, 3.8) is 0 Å². The highest BCUT2D eigenvalue weighted by molar-refractivity contribution is 9.10. The van der Waals surface area contributed by atoms with Gasteiger partial charge < -0.3 is 9.55 Å². The maximum absolute atomic E-state index is 12.4. The second-order valence-electron chi connectivity index (χ2n) is 4.03. The molecule has 18 heavy (non-hydrogen) atoms. The Morgan fingerprint density at radius 2 is 2.11 bits per heavy atom. The number of halogens is 1. The van der Waals surface area contributed by atoms with Gasteiger partial charge in [-0.3, -0.25) is 9.59 Å². The van der Waals surface area contributed by atoms with Gasteiger partial charge in [0.1, 0.15) is 5.52 Å². The molecule has 0 saturated heterocycles. The molecule has 0 aliphatic carbocycles. The Kier molecular flexibility index (Phi) is 2.34. The van der Waals surface area contributed by atoms with Gasteiger partial charge in [-0.05, 0) is 18.2 Å². The first-order chi connectivity index (χ1) is 8.58. The summed E-state index contributed by atoms with van der Waals surface area (Å²) in [5.74, 6) is 0. The molecule has 1 N–H and O–H groups in total. The van der Waals surface area contributed by atoms with Crippen LogP contribution in [0.3, 0.4) is 0 Å². The smallest absolute Gasteiger partial charge is 0.276 e. The zero-order valence-electron chi connectivity index (χ0n) is 9.40. The van der Waals surface area contributed by atoms with Crippen LogP contribution >= 0.6 is 15.9 Å². The van der Waals surface area contributed by atoms with E-state index in [0.717, 1.165) is 4.47 Å². The molecule has 6 heteroatoms. The zero-order valence-corrected chi connectivity index (χ0v) is 11.0. The normalized spacial score (nSPS) is 11.2. The van der Waals surface area contributed by atoms with Crippen molar-refractivity contribution in [3.8, 4) is 0 Å². The molecular formula is C12H8BrN3O2. The predicted octanol–water partition coefficient (Wildman–Crippen LogP) is 1.54. The number of rotatable bonds is 0. The lowest BCUT2D eigenvalue weighted by molar-refractivity contribution is 0.945. The van der Waals surface area contributed by atoms with Crippen LogP contribution in [0.4, 0.5) is 0 Å². The quantitative estimate of drug-likeness (QED) is 0.685. The Balaban J connectivity index is 2.76. The van der Waals surface area contributed by atoms with Crippen LogP contribution in [0, 0.1) is 0 Å². The molecule has 0 unspecified atom stereocenters. The minimum atomic E-state index is -0.361. The third kappa shape index (κ3) is 1.49. The number of aromatic nitrogens is 3. The fraction of sp³-hybridized carbons (Fsp3) is 0.0833. The Hall–Kier alpha value is -1.95. The van der Waals surface area contributed by atoms with Gasteiger partial charge in [-0.2, -0.15) is 0 Å². The Morgan fingerprint density at radius 1 is 1.33 bits per heavy atom. The topological polar surface area (TPSA) is 67.8 Å². The number of hydrogen-bond acceptors (Lipinski definition) is 3. The number of aromatic amines is 1. The number of aryl methyl sites for hydroxylation is 1. The highest BCUT2D eigenvalue weighted by Gasteiger charge is 2.10. The van der Waals surface area contributed by atoms with Crippen molar-refractivity contribution in [1.82, 2.24) is 14.5 Å². The first-order valence-electron chi connectivity index (χ1n) is 5.25. The van der Waals surface area contributed by atoms with Gasteiger partial charge in [0.25, 0.3) is 5.56 Å². The van der Waals surface area contributed by atoms with Gasteiger partial charge in [-0.15, -0.1) is 0 Å².